The molecule has 2 aromatic carbocycles. The van der Waals surface area contributed by atoms with Gasteiger partial charge in [0.25, 0.3) is 5.91 Å². The Morgan fingerprint density at radius 1 is 1.17 bits per heavy atom. The van der Waals surface area contributed by atoms with Crippen molar-refractivity contribution in [2.75, 3.05) is 31.5 Å². The van der Waals surface area contributed by atoms with E-state index in [-0.39, 0.29) is 16.8 Å². The molecule has 2 aromatic rings. The number of carbonyl (C=O) groups excluding carboxylic acids is 1. The van der Waals surface area contributed by atoms with E-state index >= 15 is 0 Å². The highest BCUT2D eigenvalue weighted by Crippen LogP contribution is 2.23. The van der Waals surface area contributed by atoms with Crippen LogP contribution in [-0.4, -0.2) is 55.8 Å². The predicted molar refractivity (Wildman–Crippen MR) is 124 cm³/mol. The quantitative estimate of drug-likeness (QED) is 0.604. The molecule has 6 nitrogen and oxygen atoms in total. The van der Waals surface area contributed by atoms with E-state index < -0.39 is 10.0 Å². The van der Waals surface area contributed by atoms with Crippen molar-refractivity contribution in [1.82, 2.24) is 9.21 Å². The smallest absolute Gasteiger partial charge is 0.255 e. The predicted octanol–water partition coefficient (Wildman–Crippen LogP) is 3.57. The van der Waals surface area contributed by atoms with Crippen LogP contribution in [-0.2, 0) is 10.0 Å². The lowest BCUT2D eigenvalue weighted by Crippen LogP contribution is -2.53. The van der Waals surface area contributed by atoms with Gasteiger partial charge in [0, 0.05) is 40.5 Å². The van der Waals surface area contributed by atoms with E-state index in [9.17, 15) is 13.2 Å². The highest BCUT2D eigenvalue weighted by molar-refractivity contribution is 14.1. The van der Waals surface area contributed by atoms with Crippen molar-refractivity contribution in [3.63, 3.8) is 0 Å². The molecule has 0 spiro atoms. The van der Waals surface area contributed by atoms with Gasteiger partial charge in [-0.2, -0.15) is 4.31 Å². The zero-order valence-electron chi connectivity index (χ0n) is 16.9. The van der Waals surface area contributed by atoms with Crippen LogP contribution in [0.1, 0.15) is 29.8 Å². The second-order valence-electron chi connectivity index (χ2n) is 7.30. The molecule has 1 fully saturated rings. The number of hydrogen-bond donors (Lipinski definition) is 1. The Bertz CT molecular complexity index is 993. The maximum atomic E-state index is 13.0. The zero-order valence-corrected chi connectivity index (χ0v) is 19.8. The largest absolute Gasteiger partial charge is 0.322 e. The van der Waals surface area contributed by atoms with Gasteiger partial charge in [-0.25, -0.2) is 8.42 Å². The average Bonchev–Trinajstić information content (AvgIpc) is 2.70. The van der Waals surface area contributed by atoms with E-state index in [1.165, 1.54) is 0 Å². The summed E-state index contributed by atoms with van der Waals surface area (Å²) in [7, 11) is -3.56. The van der Waals surface area contributed by atoms with Crippen LogP contribution in [0.25, 0.3) is 0 Å². The molecule has 1 amide bonds. The zero-order chi connectivity index (χ0) is 21.2. The third kappa shape index (κ3) is 4.99. The van der Waals surface area contributed by atoms with Crippen molar-refractivity contribution in [1.29, 1.82) is 0 Å². The van der Waals surface area contributed by atoms with Crippen molar-refractivity contribution in [3.8, 4) is 0 Å². The van der Waals surface area contributed by atoms with Gasteiger partial charge >= 0.3 is 0 Å². The van der Waals surface area contributed by atoms with Gasteiger partial charge in [0.2, 0.25) is 10.0 Å². The minimum absolute atomic E-state index is 0.0721. The number of anilines is 1. The number of halogens is 1. The average molecular weight is 527 g/mol. The number of piperazine rings is 1. The molecule has 1 aliphatic rings. The summed E-state index contributed by atoms with van der Waals surface area (Å²) in [6.45, 7) is 8.90. The number of nitrogens with zero attached hydrogens (tertiary/aromatic N) is 2. The summed E-state index contributed by atoms with van der Waals surface area (Å²) in [5, 5.41) is 2.83. The summed E-state index contributed by atoms with van der Waals surface area (Å²) < 4.78 is 28.7. The standard InChI is InChI=1S/C21H26IN3O3S/c1-4-24-11-12-25(16(3)14-24)29(27,28)19-9-7-18(8-10-19)23-21(26)17-6-5-15(2)20(22)13-17/h5-10,13,16H,4,11-12,14H2,1-3H3,(H,23,26). The number of nitrogens with one attached hydrogen (secondary N) is 1. The first kappa shape index (κ1) is 22.2. The van der Waals surface area contributed by atoms with Gasteiger partial charge in [0.05, 0.1) is 4.90 Å². The maximum absolute atomic E-state index is 13.0. The Hall–Kier alpha value is -1.49. The van der Waals surface area contributed by atoms with Crippen molar-refractivity contribution in [2.24, 2.45) is 0 Å². The van der Waals surface area contributed by atoms with Gasteiger partial charge in [-0.15, -0.1) is 0 Å². The fraction of sp³-hybridized carbons (Fsp3) is 0.381. The SMILES string of the molecule is CCN1CCN(S(=O)(=O)c2ccc(NC(=O)c3ccc(C)c(I)c3)cc2)C(C)C1. The van der Waals surface area contributed by atoms with Crippen LogP contribution in [0.2, 0.25) is 0 Å². The molecule has 1 saturated heterocycles. The molecule has 1 unspecified atom stereocenters. The number of likely N-dealkylation sites (N-methyl/N-ethyl adjacent to an activating group) is 1. The van der Waals surface area contributed by atoms with Gasteiger partial charge in [-0.3, -0.25) is 4.79 Å². The first-order valence-electron chi connectivity index (χ1n) is 9.64. The number of rotatable bonds is 5. The van der Waals surface area contributed by atoms with Crippen LogP contribution >= 0.6 is 22.6 Å². The Kier molecular flexibility index (Phi) is 6.98. The number of aryl methyl sites for hydroxylation is 1. The molecule has 29 heavy (non-hydrogen) atoms. The van der Waals surface area contributed by atoms with Gasteiger partial charge in [-0.05, 0) is 84.9 Å². The number of hydrogen-bond acceptors (Lipinski definition) is 4. The number of benzene rings is 2. The first-order chi connectivity index (χ1) is 13.7. The Morgan fingerprint density at radius 2 is 1.86 bits per heavy atom. The Morgan fingerprint density at radius 3 is 2.45 bits per heavy atom. The van der Waals surface area contributed by atoms with E-state index in [4.69, 9.17) is 0 Å². The molecule has 0 aromatic heterocycles. The lowest BCUT2D eigenvalue weighted by Gasteiger charge is -2.38. The first-order valence-corrected chi connectivity index (χ1v) is 12.2. The summed E-state index contributed by atoms with van der Waals surface area (Å²) in [6, 6.07) is 11.8. The molecule has 0 radical (unpaired) electrons. The van der Waals surface area contributed by atoms with Crippen LogP contribution in [0.5, 0.6) is 0 Å². The number of amides is 1. The Balaban J connectivity index is 1.72. The second-order valence-corrected chi connectivity index (χ2v) is 10.4. The molecule has 1 aliphatic heterocycles. The van der Waals surface area contributed by atoms with Crippen molar-refractivity contribution in [2.45, 2.75) is 31.7 Å². The maximum Gasteiger partial charge on any atom is 0.255 e. The third-order valence-corrected chi connectivity index (χ3v) is 8.44. The minimum atomic E-state index is -3.56. The molecule has 8 heteroatoms. The number of carbonyl (C=O) groups is 1. The summed E-state index contributed by atoms with van der Waals surface area (Å²) in [6.07, 6.45) is 0. The lowest BCUT2D eigenvalue weighted by molar-refractivity contribution is 0.102. The van der Waals surface area contributed by atoms with E-state index in [1.807, 2.05) is 26.0 Å². The molecule has 0 aliphatic carbocycles. The topological polar surface area (TPSA) is 69.7 Å². The van der Waals surface area contributed by atoms with Crippen LogP contribution in [0.15, 0.2) is 47.4 Å². The van der Waals surface area contributed by atoms with Crippen LogP contribution in [0.3, 0.4) is 0 Å². The molecule has 1 N–H and O–H groups in total. The lowest BCUT2D eigenvalue weighted by atomic mass is 10.1. The van der Waals surface area contributed by atoms with E-state index in [0.717, 1.165) is 28.8 Å². The summed E-state index contributed by atoms with van der Waals surface area (Å²) in [4.78, 5) is 15.0. The molecule has 0 bridgehead atoms. The molecular formula is C21H26IN3O3S. The highest BCUT2D eigenvalue weighted by Gasteiger charge is 2.33. The van der Waals surface area contributed by atoms with Gasteiger partial charge in [-0.1, -0.05) is 13.0 Å². The molecule has 1 atom stereocenters. The van der Waals surface area contributed by atoms with Crippen molar-refractivity contribution < 1.29 is 13.2 Å². The second kappa shape index (κ2) is 9.11. The minimum Gasteiger partial charge on any atom is -0.322 e. The molecule has 0 saturated carbocycles. The fourth-order valence-corrected chi connectivity index (χ4v) is 5.57. The van der Waals surface area contributed by atoms with Crippen molar-refractivity contribution in [3.05, 3.63) is 57.2 Å². The van der Waals surface area contributed by atoms with Crippen molar-refractivity contribution >= 4 is 44.2 Å². The normalized spacial score (nSPS) is 18.6. The molecular weight excluding hydrogens is 501 g/mol. The summed E-state index contributed by atoms with van der Waals surface area (Å²) >= 11 is 2.20. The van der Waals surface area contributed by atoms with E-state index in [0.29, 0.717) is 17.8 Å². The number of sulfonamides is 1. The van der Waals surface area contributed by atoms with Crippen LogP contribution < -0.4 is 5.32 Å². The molecule has 3 rings (SSSR count). The van der Waals surface area contributed by atoms with Crippen LogP contribution in [0, 0.1) is 10.5 Å². The molecule has 156 valence electrons. The fourth-order valence-electron chi connectivity index (χ4n) is 3.44. The third-order valence-electron chi connectivity index (χ3n) is 5.25. The van der Waals surface area contributed by atoms with Gasteiger partial charge in [0.1, 0.15) is 0 Å². The van der Waals surface area contributed by atoms with Gasteiger partial charge < -0.3 is 10.2 Å². The van der Waals surface area contributed by atoms with E-state index in [2.05, 4.69) is 39.7 Å². The van der Waals surface area contributed by atoms with Gasteiger partial charge in [0.15, 0.2) is 0 Å². The molecule has 1 heterocycles. The Labute approximate surface area is 186 Å². The highest BCUT2D eigenvalue weighted by atomic mass is 127. The van der Waals surface area contributed by atoms with Crippen LogP contribution in [0.4, 0.5) is 5.69 Å². The summed E-state index contributed by atoms with van der Waals surface area (Å²) in [5.41, 5.74) is 2.25. The van der Waals surface area contributed by atoms with E-state index in [1.54, 1.807) is 34.6 Å². The monoisotopic (exact) mass is 527 g/mol. The summed E-state index contributed by atoms with van der Waals surface area (Å²) in [5.74, 6) is -0.220.